The molecule has 0 fully saturated rings. The number of amides is 1. The third kappa shape index (κ3) is 5.00. The lowest BCUT2D eigenvalue weighted by molar-refractivity contribution is -0.115. The van der Waals surface area contributed by atoms with Crippen LogP contribution in [0.2, 0.25) is 0 Å². The molecule has 3 aromatic rings. The van der Waals surface area contributed by atoms with E-state index in [0.29, 0.717) is 23.3 Å². The number of thioether (sulfide) groups is 1. The zero-order valence-electron chi connectivity index (χ0n) is 18.1. The van der Waals surface area contributed by atoms with Gasteiger partial charge in [0.1, 0.15) is 29.0 Å². The highest BCUT2D eigenvalue weighted by molar-refractivity contribution is 8.00. The van der Waals surface area contributed by atoms with Crippen molar-refractivity contribution < 1.29 is 13.2 Å². The molecule has 0 aliphatic carbocycles. The van der Waals surface area contributed by atoms with Gasteiger partial charge < -0.3 is 9.88 Å². The van der Waals surface area contributed by atoms with E-state index in [1.807, 2.05) is 19.9 Å². The summed E-state index contributed by atoms with van der Waals surface area (Å²) >= 11 is 1.16. The Labute approximate surface area is 190 Å². The van der Waals surface area contributed by atoms with E-state index in [9.17, 15) is 13.2 Å². The average Bonchev–Trinajstić information content (AvgIpc) is 3.30. The van der Waals surface area contributed by atoms with Gasteiger partial charge in [0.05, 0.1) is 16.3 Å². The smallest absolute Gasteiger partial charge is 0.238 e. The number of aromatic nitrogens is 5. The van der Waals surface area contributed by atoms with Gasteiger partial charge in [0.25, 0.3) is 0 Å². The largest absolute Gasteiger partial charge is 0.309 e. The fraction of sp³-hybridized carbons (Fsp3) is 0.350. The minimum absolute atomic E-state index is 0.222. The summed E-state index contributed by atoms with van der Waals surface area (Å²) in [6, 6.07) is 8.63. The molecule has 10 nitrogen and oxygen atoms in total. The zero-order valence-corrected chi connectivity index (χ0v) is 19.7. The van der Waals surface area contributed by atoms with Crippen LogP contribution in [0.15, 0.2) is 40.5 Å². The van der Waals surface area contributed by atoms with Gasteiger partial charge in [0.15, 0.2) is 15.0 Å². The fourth-order valence-electron chi connectivity index (χ4n) is 2.93. The minimum atomic E-state index is -3.59. The molecule has 12 heteroatoms. The molecule has 0 spiro atoms. The third-order valence-corrected chi connectivity index (χ3v) is 7.47. The molecule has 0 bridgehead atoms. The topological polar surface area (TPSA) is 136 Å². The lowest BCUT2D eigenvalue weighted by atomic mass is 10.2. The van der Waals surface area contributed by atoms with Crippen molar-refractivity contribution in [3.05, 3.63) is 47.4 Å². The second kappa shape index (κ2) is 9.54. The lowest BCUT2D eigenvalue weighted by Gasteiger charge is -2.13. The van der Waals surface area contributed by atoms with E-state index < -0.39 is 15.1 Å². The molecule has 0 aliphatic rings. The van der Waals surface area contributed by atoms with Crippen LogP contribution in [0, 0.1) is 18.3 Å². The Morgan fingerprint density at radius 1 is 1.28 bits per heavy atom. The second-order valence-electron chi connectivity index (χ2n) is 7.11. The number of aryl methyl sites for hydroxylation is 2. The quantitative estimate of drug-likeness (QED) is 0.492. The predicted molar refractivity (Wildman–Crippen MR) is 120 cm³/mol. The number of hydrogen-bond acceptors (Lipinski definition) is 8. The number of anilines is 1. The molecule has 168 valence electrons. The van der Waals surface area contributed by atoms with Crippen LogP contribution in [0.3, 0.4) is 0 Å². The SMILES string of the molecule is CCn1c(CS(=O)(=O)c2ccc(C)cc2)nnc1SC(C)C(=O)Nc1c(C#N)cnn1C. The predicted octanol–water partition coefficient (Wildman–Crippen LogP) is 2.30. The maximum absolute atomic E-state index is 12.8. The van der Waals surface area contributed by atoms with Crippen molar-refractivity contribution in [2.75, 3.05) is 5.32 Å². The van der Waals surface area contributed by atoms with Crippen LogP contribution in [0.5, 0.6) is 0 Å². The first-order valence-corrected chi connectivity index (χ1v) is 12.3. The van der Waals surface area contributed by atoms with Gasteiger partial charge in [-0.15, -0.1) is 10.2 Å². The van der Waals surface area contributed by atoms with Crippen LogP contribution >= 0.6 is 11.8 Å². The molecule has 1 aromatic carbocycles. The molecular weight excluding hydrogens is 450 g/mol. The molecular formula is C20H23N7O3S2. The van der Waals surface area contributed by atoms with Crippen LogP contribution in [-0.4, -0.2) is 44.1 Å². The highest BCUT2D eigenvalue weighted by Crippen LogP contribution is 2.25. The van der Waals surface area contributed by atoms with Crippen LogP contribution in [0.1, 0.15) is 30.8 Å². The zero-order chi connectivity index (χ0) is 23.5. The Hall–Kier alpha value is -3.17. The van der Waals surface area contributed by atoms with Crippen LogP contribution in [0.4, 0.5) is 5.82 Å². The number of carbonyl (C=O) groups excluding carboxylic acids is 1. The van der Waals surface area contributed by atoms with E-state index in [4.69, 9.17) is 5.26 Å². The Morgan fingerprint density at radius 3 is 2.59 bits per heavy atom. The van der Waals surface area contributed by atoms with Crippen LogP contribution in [-0.2, 0) is 34.0 Å². The number of nitrogens with zero attached hydrogens (tertiary/aromatic N) is 6. The van der Waals surface area contributed by atoms with E-state index in [1.54, 1.807) is 42.8 Å². The van der Waals surface area contributed by atoms with Crippen molar-refractivity contribution in [3.8, 4) is 6.07 Å². The number of sulfone groups is 1. The normalized spacial score (nSPS) is 12.3. The maximum atomic E-state index is 12.8. The van der Waals surface area contributed by atoms with Gasteiger partial charge in [-0.3, -0.25) is 9.48 Å². The molecule has 1 unspecified atom stereocenters. The third-order valence-electron chi connectivity index (χ3n) is 4.76. The summed E-state index contributed by atoms with van der Waals surface area (Å²) in [6.45, 7) is 5.89. The van der Waals surface area contributed by atoms with Gasteiger partial charge in [-0.1, -0.05) is 29.5 Å². The van der Waals surface area contributed by atoms with Crippen LogP contribution < -0.4 is 5.32 Å². The van der Waals surface area contributed by atoms with E-state index >= 15 is 0 Å². The molecule has 1 atom stereocenters. The number of rotatable bonds is 8. The molecule has 0 saturated carbocycles. The minimum Gasteiger partial charge on any atom is -0.309 e. The van der Waals surface area contributed by atoms with Gasteiger partial charge in [0, 0.05) is 13.6 Å². The Bertz CT molecular complexity index is 1270. The highest BCUT2D eigenvalue weighted by atomic mass is 32.2. The molecule has 3 rings (SSSR count). The summed E-state index contributed by atoms with van der Waals surface area (Å²) in [7, 11) is -1.97. The number of nitrogens with one attached hydrogen (secondary N) is 1. The number of carbonyl (C=O) groups is 1. The van der Waals surface area contributed by atoms with Crippen molar-refractivity contribution in [3.63, 3.8) is 0 Å². The maximum Gasteiger partial charge on any atom is 0.238 e. The van der Waals surface area contributed by atoms with Gasteiger partial charge in [0.2, 0.25) is 5.91 Å². The molecule has 1 N–H and O–H groups in total. The van der Waals surface area contributed by atoms with Gasteiger partial charge in [-0.05, 0) is 32.9 Å². The van der Waals surface area contributed by atoms with Crippen molar-refractivity contribution >= 4 is 33.3 Å². The summed E-state index contributed by atoms with van der Waals surface area (Å²) in [5.74, 6) is -0.0126. The first-order valence-electron chi connectivity index (χ1n) is 9.77. The second-order valence-corrected chi connectivity index (χ2v) is 10.4. The fourth-order valence-corrected chi connectivity index (χ4v) is 5.13. The highest BCUT2D eigenvalue weighted by Gasteiger charge is 2.24. The summed E-state index contributed by atoms with van der Waals surface area (Å²) < 4.78 is 28.7. The Morgan fingerprint density at radius 2 is 1.97 bits per heavy atom. The monoisotopic (exact) mass is 473 g/mol. The van der Waals surface area contributed by atoms with E-state index in [-0.39, 0.29) is 22.1 Å². The number of benzene rings is 1. The standard InChI is InChI=1S/C20H23N7O3S2/c1-5-27-17(12-32(29,30)16-8-6-13(2)7-9-16)24-25-20(27)31-14(3)19(28)23-18-15(10-21)11-22-26(18)4/h6-9,11,14H,5,12H2,1-4H3,(H,23,28). The van der Waals surface area contributed by atoms with Gasteiger partial charge in [-0.2, -0.15) is 10.4 Å². The summed E-state index contributed by atoms with van der Waals surface area (Å²) in [6.07, 6.45) is 1.38. The van der Waals surface area contributed by atoms with Crippen molar-refractivity contribution in [1.82, 2.24) is 24.5 Å². The Kier molecular flexibility index (Phi) is 7.00. The lowest BCUT2D eigenvalue weighted by Crippen LogP contribution is -2.24. The first kappa shape index (κ1) is 23.5. The molecule has 32 heavy (non-hydrogen) atoms. The number of nitriles is 1. The summed E-state index contributed by atoms with van der Waals surface area (Å²) in [5, 5.41) is 23.9. The molecule has 2 aromatic heterocycles. The van der Waals surface area contributed by atoms with Crippen molar-refractivity contribution in [2.45, 2.75) is 48.4 Å². The molecule has 0 radical (unpaired) electrons. The van der Waals surface area contributed by atoms with Crippen molar-refractivity contribution in [1.29, 1.82) is 5.26 Å². The summed E-state index contributed by atoms with van der Waals surface area (Å²) in [4.78, 5) is 12.9. The van der Waals surface area contributed by atoms with E-state index in [0.717, 1.165) is 17.3 Å². The van der Waals surface area contributed by atoms with Gasteiger partial charge in [-0.25, -0.2) is 8.42 Å². The van der Waals surface area contributed by atoms with Gasteiger partial charge >= 0.3 is 0 Å². The molecule has 0 aliphatic heterocycles. The first-order chi connectivity index (χ1) is 15.2. The Balaban J connectivity index is 1.75. The summed E-state index contributed by atoms with van der Waals surface area (Å²) in [5.41, 5.74) is 1.23. The molecule has 1 amide bonds. The molecule has 0 saturated heterocycles. The van der Waals surface area contributed by atoms with Crippen molar-refractivity contribution in [2.24, 2.45) is 7.05 Å². The number of hydrogen-bond donors (Lipinski definition) is 1. The van der Waals surface area contributed by atoms with E-state index in [1.165, 1.54) is 10.9 Å². The average molecular weight is 474 g/mol. The van der Waals surface area contributed by atoms with E-state index in [2.05, 4.69) is 20.6 Å². The van der Waals surface area contributed by atoms with Crippen LogP contribution in [0.25, 0.3) is 0 Å². The molecule has 2 heterocycles.